The first-order valence-electron chi connectivity index (χ1n) is 6.89. The Morgan fingerprint density at radius 3 is 2.67 bits per heavy atom. The number of anilines is 1. The summed E-state index contributed by atoms with van der Waals surface area (Å²) in [7, 11) is 0. The van der Waals surface area contributed by atoms with Crippen LogP contribution in [-0.2, 0) is 4.79 Å². The van der Waals surface area contributed by atoms with E-state index in [0.29, 0.717) is 17.9 Å². The Labute approximate surface area is 124 Å². The molecule has 1 unspecified atom stereocenters. The van der Waals surface area contributed by atoms with Gasteiger partial charge >= 0.3 is 5.97 Å². The lowest BCUT2D eigenvalue weighted by Gasteiger charge is -2.19. The first-order valence-corrected chi connectivity index (χ1v) is 6.89. The SMILES string of the molecule is CCOc1ccccc1C(Nc1cccc(C)c1)C(=O)O. The molecule has 0 heterocycles. The number of carbonyl (C=O) groups is 1. The van der Waals surface area contributed by atoms with Crippen molar-refractivity contribution in [2.45, 2.75) is 19.9 Å². The van der Waals surface area contributed by atoms with Crippen molar-refractivity contribution in [2.24, 2.45) is 0 Å². The number of rotatable bonds is 6. The number of carboxylic acids is 1. The average molecular weight is 285 g/mol. The second kappa shape index (κ2) is 6.79. The Morgan fingerprint density at radius 2 is 2.00 bits per heavy atom. The molecule has 0 saturated carbocycles. The number of para-hydroxylation sites is 1. The van der Waals surface area contributed by atoms with Gasteiger partial charge in [-0.3, -0.25) is 0 Å². The van der Waals surface area contributed by atoms with Crippen molar-refractivity contribution >= 4 is 11.7 Å². The minimum atomic E-state index is -0.941. The van der Waals surface area contributed by atoms with Gasteiger partial charge in [0.05, 0.1) is 6.61 Å². The number of hydrogen-bond donors (Lipinski definition) is 2. The number of nitrogens with one attached hydrogen (secondary N) is 1. The van der Waals surface area contributed by atoms with Gasteiger partial charge in [0.15, 0.2) is 6.04 Å². The van der Waals surface area contributed by atoms with Crippen LogP contribution in [0.4, 0.5) is 5.69 Å². The van der Waals surface area contributed by atoms with Crippen molar-refractivity contribution < 1.29 is 14.6 Å². The molecule has 4 heteroatoms. The molecule has 2 aromatic carbocycles. The van der Waals surface area contributed by atoms with E-state index in [0.717, 1.165) is 11.3 Å². The topological polar surface area (TPSA) is 58.6 Å². The summed E-state index contributed by atoms with van der Waals surface area (Å²) < 4.78 is 5.53. The molecule has 0 bridgehead atoms. The van der Waals surface area contributed by atoms with Gasteiger partial charge in [0.2, 0.25) is 0 Å². The van der Waals surface area contributed by atoms with Crippen molar-refractivity contribution in [3.63, 3.8) is 0 Å². The lowest BCUT2D eigenvalue weighted by Crippen LogP contribution is -2.21. The highest BCUT2D eigenvalue weighted by Crippen LogP contribution is 2.28. The Balaban J connectivity index is 2.33. The van der Waals surface area contributed by atoms with Gasteiger partial charge < -0.3 is 15.2 Å². The normalized spacial score (nSPS) is 11.7. The summed E-state index contributed by atoms with van der Waals surface area (Å²) in [4.78, 5) is 11.6. The molecule has 0 saturated heterocycles. The van der Waals surface area contributed by atoms with Gasteiger partial charge in [0.1, 0.15) is 5.75 Å². The third-order valence-electron chi connectivity index (χ3n) is 3.11. The number of aryl methyl sites for hydroxylation is 1. The van der Waals surface area contributed by atoms with Gasteiger partial charge in [-0.1, -0.05) is 30.3 Å². The van der Waals surface area contributed by atoms with E-state index in [9.17, 15) is 9.90 Å². The largest absolute Gasteiger partial charge is 0.493 e. The predicted molar refractivity (Wildman–Crippen MR) is 82.8 cm³/mol. The predicted octanol–water partition coefficient (Wildman–Crippen LogP) is 3.63. The van der Waals surface area contributed by atoms with Gasteiger partial charge in [-0.2, -0.15) is 0 Å². The first kappa shape index (κ1) is 14.9. The van der Waals surface area contributed by atoms with E-state index in [2.05, 4.69) is 5.32 Å². The van der Waals surface area contributed by atoms with E-state index in [-0.39, 0.29) is 0 Å². The molecule has 0 aliphatic carbocycles. The zero-order valence-corrected chi connectivity index (χ0v) is 12.2. The number of carboxylic acid groups (broad SMARTS) is 1. The van der Waals surface area contributed by atoms with Crippen LogP contribution in [0.2, 0.25) is 0 Å². The highest BCUT2D eigenvalue weighted by Gasteiger charge is 2.23. The van der Waals surface area contributed by atoms with E-state index >= 15 is 0 Å². The quantitative estimate of drug-likeness (QED) is 0.851. The molecule has 0 radical (unpaired) electrons. The van der Waals surface area contributed by atoms with Gasteiger partial charge in [0, 0.05) is 11.3 Å². The molecule has 0 spiro atoms. The fraction of sp³-hybridized carbons (Fsp3) is 0.235. The number of benzene rings is 2. The third kappa shape index (κ3) is 3.75. The zero-order chi connectivity index (χ0) is 15.2. The Morgan fingerprint density at radius 1 is 1.24 bits per heavy atom. The Hall–Kier alpha value is -2.49. The summed E-state index contributed by atoms with van der Waals surface area (Å²) in [5.41, 5.74) is 2.46. The summed E-state index contributed by atoms with van der Waals surface area (Å²) >= 11 is 0. The van der Waals surface area contributed by atoms with Crippen molar-refractivity contribution in [1.29, 1.82) is 0 Å². The first-order chi connectivity index (χ1) is 10.1. The van der Waals surface area contributed by atoms with E-state index < -0.39 is 12.0 Å². The van der Waals surface area contributed by atoms with E-state index in [1.807, 2.05) is 50.2 Å². The van der Waals surface area contributed by atoms with Crippen LogP contribution < -0.4 is 10.1 Å². The number of aliphatic carboxylic acids is 1. The van der Waals surface area contributed by atoms with Crippen molar-refractivity contribution in [1.82, 2.24) is 0 Å². The molecule has 0 aromatic heterocycles. The van der Waals surface area contributed by atoms with Crippen LogP contribution in [0.5, 0.6) is 5.75 Å². The molecule has 0 aliphatic rings. The fourth-order valence-corrected chi connectivity index (χ4v) is 2.18. The standard InChI is InChI=1S/C17H19NO3/c1-3-21-15-10-5-4-9-14(15)16(17(19)20)18-13-8-6-7-12(2)11-13/h4-11,16,18H,3H2,1-2H3,(H,19,20). The summed E-state index contributed by atoms with van der Waals surface area (Å²) in [6.45, 7) is 4.34. The van der Waals surface area contributed by atoms with Crippen LogP contribution in [-0.4, -0.2) is 17.7 Å². The summed E-state index contributed by atoms with van der Waals surface area (Å²) in [5, 5.41) is 12.6. The maximum absolute atomic E-state index is 11.6. The van der Waals surface area contributed by atoms with Crippen LogP contribution in [0, 0.1) is 6.92 Å². The maximum Gasteiger partial charge on any atom is 0.330 e. The average Bonchev–Trinajstić information content (AvgIpc) is 2.46. The molecule has 0 amide bonds. The Bertz CT molecular complexity index is 625. The van der Waals surface area contributed by atoms with Gasteiger partial charge in [-0.05, 0) is 37.6 Å². The molecular weight excluding hydrogens is 266 g/mol. The highest BCUT2D eigenvalue weighted by molar-refractivity contribution is 5.80. The van der Waals surface area contributed by atoms with Gasteiger partial charge in [-0.25, -0.2) is 4.79 Å². The summed E-state index contributed by atoms with van der Waals surface area (Å²) in [5.74, 6) is -0.351. The molecule has 2 rings (SSSR count). The molecule has 110 valence electrons. The minimum Gasteiger partial charge on any atom is -0.493 e. The second-order valence-electron chi connectivity index (χ2n) is 4.76. The second-order valence-corrected chi connectivity index (χ2v) is 4.76. The highest BCUT2D eigenvalue weighted by atomic mass is 16.5. The van der Waals surface area contributed by atoms with Crippen molar-refractivity contribution in [3.8, 4) is 5.75 Å². The maximum atomic E-state index is 11.6. The lowest BCUT2D eigenvalue weighted by atomic mass is 10.0. The summed E-state index contributed by atoms with van der Waals surface area (Å²) in [6.07, 6.45) is 0. The number of ether oxygens (including phenoxy) is 1. The van der Waals surface area contributed by atoms with E-state index in [4.69, 9.17) is 4.74 Å². The molecule has 0 fully saturated rings. The molecule has 0 aliphatic heterocycles. The summed E-state index contributed by atoms with van der Waals surface area (Å²) in [6, 6.07) is 14.0. The smallest absolute Gasteiger partial charge is 0.330 e. The molecule has 4 nitrogen and oxygen atoms in total. The lowest BCUT2D eigenvalue weighted by molar-refractivity contribution is -0.138. The number of hydrogen-bond acceptors (Lipinski definition) is 3. The van der Waals surface area contributed by atoms with Crippen LogP contribution >= 0.6 is 0 Å². The monoisotopic (exact) mass is 285 g/mol. The molecular formula is C17H19NO3. The van der Waals surface area contributed by atoms with E-state index in [1.54, 1.807) is 12.1 Å². The van der Waals surface area contributed by atoms with Crippen LogP contribution in [0.1, 0.15) is 24.1 Å². The van der Waals surface area contributed by atoms with Crippen LogP contribution in [0.3, 0.4) is 0 Å². The van der Waals surface area contributed by atoms with Crippen LogP contribution in [0.15, 0.2) is 48.5 Å². The van der Waals surface area contributed by atoms with Crippen molar-refractivity contribution in [2.75, 3.05) is 11.9 Å². The Kier molecular flexibility index (Phi) is 4.82. The van der Waals surface area contributed by atoms with Crippen LogP contribution in [0.25, 0.3) is 0 Å². The molecule has 21 heavy (non-hydrogen) atoms. The fourth-order valence-electron chi connectivity index (χ4n) is 2.18. The molecule has 2 N–H and O–H groups in total. The van der Waals surface area contributed by atoms with Gasteiger partial charge in [-0.15, -0.1) is 0 Å². The molecule has 1 atom stereocenters. The molecule has 2 aromatic rings. The minimum absolute atomic E-state index is 0.494. The zero-order valence-electron chi connectivity index (χ0n) is 12.2. The van der Waals surface area contributed by atoms with Gasteiger partial charge in [0.25, 0.3) is 0 Å². The van der Waals surface area contributed by atoms with Crippen molar-refractivity contribution in [3.05, 3.63) is 59.7 Å². The van der Waals surface area contributed by atoms with E-state index in [1.165, 1.54) is 0 Å². The third-order valence-corrected chi connectivity index (χ3v) is 3.11.